The molecular formula is C29H21ClN2O2S. The van der Waals surface area contributed by atoms with Crippen LogP contribution in [0, 0.1) is 0 Å². The van der Waals surface area contributed by atoms with Gasteiger partial charge in [0.05, 0.1) is 16.3 Å². The van der Waals surface area contributed by atoms with Crippen molar-refractivity contribution >= 4 is 51.9 Å². The van der Waals surface area contributed by atoms with Gasteiger partial charge in [-0.15, -0.1) is 0 Å². The number of para-hydroxylation sites is 2. The summed E-state index contributed by atoms with van der Waals surface area (Å²) in [6.07, 6.45) is 1.87. The molecule has 0 spiro atoms. The minimum absolute atomic E-state index is 0.113. The molecule has 1 fully saturated rings. The van der Waals surface area contributed by atoms with Gasteiger partial charge in [0.1, 0.15) is 12.4 Å². The minimum Gasteiger partial charge on any atom is -0.489 e. The van der Waals surface area contributed by atoms with Crippen LogP contribution in [0.25, 0.3) is 6.08 Å². The fourth-order valence-electron chi connectivity index (χ4n) is 3.59. The lowest BCUT2D eigenvalue weighted by Gasteiger charge is -2.15. The van der Waals surface area contributed by atoms with Gasteiger partial charge in [0.2, 0.25) is 0 Å². The number of carbonyl (C=O) groups is 1. The summed E-state index contributed by atoms with van der Waals surface area (Å²) in [4.78, 5) is 20.5. The lowest BCUT2D eigenvalue weighted by atomic mass is 10.2. The van der Waals surface area contributed by atoms with Crippen LogP contribution in [0.15, 0.2) is 119 Å². The van der Waals surface area contributed by atoms with Crippen molar-refractivity contribution in [3.63, 3.8) is 0 Å². The third kappa shape index (κ3) is 5.48. The van der Waals surface area contributed by atoms with Crippen molar-refractivity contribution in [2.75, 3.05) is 4.90 Å². The molecule has 0 saturated carbocycles. The first-order chi connectivity index (χ1) is 17.2. The molecular weight excluding hydrogens is 476 g/mol. The highest BCUT2D eigenvalue weighted by Gasteiger charge is 2.34. The number of amides is 1. The van der Waals surface area contributed by atoms with Crippen molar-refractivity contribution < 1.29 is 9.53 Å². The molecule has 1 saturated heterocycles. The summed E-state index contributed by atoms with van der Waals surface area (Å²) in [5, 5.41) is 1.29. The third-order valence-electron chi connectivity index (χ3n) is 5.31. The topological polar surface area (TPSA) is 41.9 Å². The predicted molar refractivity (Wildman–Crippen MR) is 145 cm³/mol. The average Bonchev–Trinajstić information content (AvgIpc) is 3.19. The minimum atomic E-state index is -0.113. The molecule has 1 heterocycles. The highest BCUT2D eigenvalue weighted by Crippen LogP contribution is 2.37. The van der Waals surface area contributed by atoms with Gasteiger partial charge in [-0.05, 0) is 65.9 Å². The summed E-state index contributed by atoms with van der Waals surface area (Å²) < 4.78 is 5.96. The second kappa shape index (κ2) is 10.6. The highest BCUT2D eigenvalue weighted by molar-refractivity contribution is 8.19. The molecule has 0 aliphatic carbocycles. The number of halogens is 1. The van der Waals surface area contributed by atoms with E-state index in [0.717, 1.165) is 22.5 Å². The summed E-state index contributed by atoms with van der Waals surface area (Å²) in [5.74, 6) is 0.589. The van der Waals surface area contributed by atoms with Gasteiger partial charge in [-0.25, -0.2) is 4.99 Å². The Kier molecular flexibility index (Phi) is 6.98. The van der Waals surface area contributed by atoms with Gasteiger partial charge < -0.3 is 4.74 Å². The Morgan fingerprint density at radius 1 is 0.857 bits per heavy atom. The van der Waals surface area contributed by atoms with E-state index in [1.54, 1.807) is 4.90 Å². The molecule has 0 N–H and O–H groups in total. The maximum absolute atomic E-state index is 13.5. The van der Waals surface area contributed by atoms with Crippen molar-refractivity contribution in [3.8, 4) is 5.75 Å². The van der Waals surface area contributed by atoms with Crippen LogP contribution in [0.1, 0.15) is 11.1 Å². The van der Waals surface area contributed by atoms with Crippen LogP contribution >= 0.6 is 23.4 Å². The van der Waals surface area contributed by atoms with Crippen LogP contribution in [0.2, 0.25) is 5.02 Å². The van der Waals surface area contributed by atoms with Crippen molar-refractivity contribution in [3.05, 3.63) is 130 Å². The molecule has 0 radical (unpaired) electrons. The quantitative estimate of drug-likeness (QED) is 0.256. The maximum atomic E-state index is 13.5. The van der Waals surface area contributed by atoms with Crippen LogP contribution in [-0.2, 0) is 11.4 Å². The van der Waals surface area contributed by atoms with Gasteiger partial charge in [-0.3, -0.25) is 9.69 Å². The van der Waals surface area contributed by atoms with E-state index in [2.05, 4.69) is 0 Å². The molecule has 4 nitrogen and oxygen atoms in total. The molecule has 0 unspecified atom stereocenters. The second-order valence-electron chi connectivity index (χ2n) is 7.77. The van der Waals surface area contributed by atoms with Crippen molar-refractivity contribution in [2.45, 2.75) is 6.61 Å². The molecule has 0 aromatic heterocycles. The highest BCUT2D eigenvalue weighted by atomic mass is 35.5. The van der Waals surface area contributed by atoms with Gasteiger partial charge in [-0.2, -0.15) is 0 Å². The summed E-state index contributed by atoms with van der Waals surface area (Å²) in [7, 11) is 0. The Morgan fingerprint density at radius 2 is 1.57 bits per heavy atom. The van der Waals surface area contributed by atoms with Crippen LogP contribution in [0.5, 0.6) is 5.75 Å². The van der Waals surface area contributed by atoms with Gasteiger partial charge in [0.15, 0.2) is 5.17 Å². The summed E-state index contributed by atoms with van der Waals surface area (Å²) in [6.45, 7) is 0.364. The lowest BCUT2D eigenvalue weighted by Crippen LogP contribution is -2.28. The van der Waals surface area contributed by atoms with E-state index in [0.29, 0.717) is 27.5 Å². The summed E-state index contributed by atoms with van der Waals surface area (Å²) >= 11 is 7.60. The van der Waals surface area contributed by atoms with E-state index in [1.807, 2.05) is 115 Å². The molecule has 1 aliphatic heterocycles. The average molecular weight is 497 g/mol. The van der Waals surface area contributed by atoms with Crippen LogP contribution in [0.4, 0.5) is 11.4 Å². The van der Waals surface area contributed by atoms with Gasteiger partial charge >= 0.3 is 0 Å². The van der Waals surface area contributed by atoms with E-state index in [-0.39, 0.29) is 5.91 Å². The summed E-state index contributed by atoms with van der Waals surface area (Å²) in [6, 6.07) is 34.5. The summed E-state index contributed by atoms with van der Waals surface area (Å²) in [5.41, 5.74) is 3.35. The number of hydrogen-bond donors (Lipinski definition) is 0. The van der Waals surface area contributed by atoms with Gasteiger partial charge in [0, 0.05) is 10.6 Å². The smallest absolute Gasteiger partial charge is 0.271 e. The normalized spacial score (nSPS) is 15.7. The number of aliphatic imine (C=N–C) groups is 1. The molecule has 35 heavy (non-hydrogen) atoms. The fourth-order valence-corrected chi connectivity index (χ4v) is 4.78. The molecule has 6 heteroatoms. The lowest BCUT2D eigenvalue weighted by molar-refractivity contribution is -0.113. The van der Waals surface area contributed by atoms with Crippen LogP contribution in [-0.4, -0.2) is 11.1 Å². The van der Waals surface area contributed by atoms with E-state index in [4.69, 9.17) is 21.3 Å². The number of hydrogen-bond acceptors (Lipinski definition) is 4. The van der Waals surface area contributed by atoms with Crippen molar-refractivity contribution in [1.82, 2.24) is 0 Å². The molecule has 5 rings (SSSR count). The zero-order chi connectivity index (χ0) is 24.0. The van der Waals surface area contributed by atoms with Crippen molar-refractivity contribution in [2.24, 2.45) is 4.99 Å². The van der Waals surface area contributed by atoms with Crippen molar-refractivity contribution in [1.29, 1.82) is 0 Å². The van der Waals surface area contributed by atoms with E-state index < -0.39 is 0 Å². The zero-order valence-electron chi connectivity index (χ0n) is 18.7. The SMILES string of the molecule is O=C1/C(=C/c2cccc(OCc3ccccc3Cl)c2)SC(=Nc2ccccc2)N1c1ccccc1. The molecule has 0 bridgehead atoms. The Hall–Kier alpha value is -3.80. The molecule has 4 aromatic rings. The Morgan fingerprint density at radius 3 is 2.34 bits per heavy atom. The second-order valence-corrected chi connectivity index (χ2v) is 9.19. The van der Waals surface area contributed by atoms with Gasteiger partial charge in [0.25, 0.3) is 5.91 Å². The standard InChI is InChI=1S/C29H21ClN2O2S/c30-26-17-8-7-11-22(26)20-34-25-16-9-10-21(18-25)19-27-28(33)32(24-14-5-2-6-15-24)29(35-27)31-23-12-3-1-4-13-23/h1-19H,20H2/b27-19-,31-29?. The number of nitrogens with zero attached hydrogens (tertiary/aromatic N) is 2. The van der Waals surface area contributed by atoms with E-state index in [9.17, 15) is 4.79 Å². The number of carbonyl (C=O) groups excluding carboxylic acids is 1. The predicted octanol–water partition coefficient (Wildman–Crippen LogP) is 7.73. The Bertz CT molecular complexity index is 1400. The monoisotopic (exact) mass is 496 g/mol. The number of thioether (sulfide) groups is 1. The Balaban J connectivity index is 1.42. The third-order valence-corrected chi connectivity index (χ3v) is 6.65. The van der Waals surface area contributed by atoms with Crippen LogP contribution in [0.3, 0.4) is 0 Å². The number of amidine groups is 1. The number of benzene rings is 4. The Labute approximate surface area is 213 Å². The van der Waals surface area contributed by atoms with Crippen LogP contribution < -0.4 is 9.64 Å². The zero-order valence-corrected chi connectivity index (χ0v) is 20.2. The first kappa shape index (κ1) is 23.0. The fraction of sp³-hybridized carbons (Fsp3) is 0.0345. The molecule has 0 atom stereocenters. The molecule has 1 amide bonds. The van der Waals surface area contributed by atoms with E-state index in [1.165, 1.54) is 11.8 Å². The maximum Gasteiger partial charge on any atom is 0.271 e. The molecule has 172 valence electrons. The number of anilines is 1. The largest absolute Gasteiger partial charge is 0.489 e. The molecule has 4 aromatic carbocycles. The number of rotatable bonds is 6. The van der Waals surface area contributed by atoms with Gasteiger partial charge in [-0.1, -0.05) is 78.3 Å². The first-order valence-corrected chi connectivity index (χ1v) is 12.3. The first-order valence-electron chi connectivity index (χ1n) is 11.1. The number of ether oxygens (including phenoxy) is 1. The van der Waals surface area contributed by atoms with E-state index >= 15 is 0 Å². The molecule has 1 aliphatic rings.